The Bertz CT molecular complexity index is 371. The average Bonchev–Trinajstić information content (AvgIpc) is 2.36. The molecule has 3 unspecified atom stereocenters. The fraction of sp³-hybridized carbons (Fsp3) is 1.00. The molecule has 19 heavy (non-hydrogen) atoms. The van der Waals surface area contributed by atoms with Gasteiger partial charge in [-0.05, 0) is 30.6 Å². The SMILES string of the molecule is CC(C)COS(=O)(=O)C1CCCC2CCCCC21.[H-].[Na+]. The molecule has 0 heterocycles. The third-order valence-corrected chi connectivity index (χ3v) is 6.24. The van der Waals surface area contributed by atoms with Crippen molar-refractivity contribution in [3.63, 3.8) is 0 Å². The van der Waals surface area contributed by atoms with Crippen LogP contribution in [0.25, 0.3) is 0 Å². The zero-order valence-corrected chi connectivity index (χ0v) is 15.4. The first-order valence-electron chi connectivity index (χ1n) is 7.39. The van der Waals surface area contributed by atoms with E-state index in [0.29, 0.717) is 18.4 Å². The minimum Gasteiger partial charge on any atom is -1.00 e. The van der Waals surface area contributed by atoms with Crippen LogP contribution in [-0.4, -0.2) is 20.3 Å². The molecule has 3 nitrogen and oxygen atoms in total. The Morgan fingerprint density at radius 1 is 1.11 bits per heavy atom. The molecule has 5 heteroatoms. The molecule has 0 aliphatic heterocycles. The Balaban J connectivity index is 0.00000180. The molecule has 2 rings (SSSR count). The van der Waals surface area contributed by atoms with E-state index >= 15 is 0 Å². The van der Waals surface area contributed by atoms with Crippen LogP contribution in [0.3, 0.4) is 0 Å². The predicted molar refractivity (Wildman–Crippen MR) is 73.9 cm³/mol. The van der Waals surface area contributed by atoms with E-state index in [-0.39, 0.29) is 42.2 Å². The van der Waals surface area contributed by atoms with Gasteiger partial charge in [0.15, 0.2) is 0 Å². The van der Waals surface area contributed by atoms with Crippen LogP contribution in [0.4, 0.5) is 0 Å². The van der Waals surface area contributed by atoms with Crippen molar-refractivity contribution in [3.05, 3.63) is 0 Å². The summed E-state index contributed by atoms with van der Waals surface area (Å²) in [4.78, 5) is 0. The fourth-order valence-electron chi connectivity index (χ4n) is 3.56. The van der Waals surface area contributed by atoms with Crippen LogP contribution in [0.2, 0.25) is 0 Å². The van der Waals surface area contributed by atoms with Crippen molar-refractivity contribution in [2.24, 2.45) is 17.8 Å². The molecule has 2 fully saturated rings. The van der Waals surface area contributed by atoms with Gasteiger partial charge in [0.25, 0.3) is 10.1 Å². The van der Waals surface area contributed by atoms with E-state index in [9.17, 15) is 8.42 Å². The van der Waals surface area contributed by atoms with Gasteiger partial charge in [0.05, 0.1) is 11.9 Å². The summed E-state index contributed by atoms with van der Waals surface area (Å²) in [5.41, 5.74) is 0. The van der Waals surface area contributed by atoms with E-state index in [1.165, 1.54) is 25.7 Å². The van der Waals surface area contributed by atoms with Gasteiger partial charge in [-0.3, -0.25) is 4.18 Å². The van der Waals surface area contributed by atoms with Crippen LogP contribution in [0.5, 0.6) is 0 Å². The second-order valence-electron chi connectivity index (χ2n) is 6.35. The molecule has 108 valence electrons. The summed E-state index contributed by atoms with van der Waals surface area (Å²) >= 11 is 0. The number of hydrogen-bond donors (Lipinski definition) is 0. The van der Waals surface area contributed by atoms with Crippen molar-refractivity contribution < 1.29 is 43.6 Å². The van der Waals surface area contributed by atoms with Crippen molar-refractivity contribution >= 4 is 10.1 Å². The second-order valence-corrected chi connectivity index (χ2v) is 8.18. The molecular weight excluding hydrogens is 271 g/mol. The van der Waals surface area contributed by atoms with Crippen molar-refractivity contribution in [2.75, 3.05) is 6.61 Å². The third-order valence-electron chi connectivity index (χ3n) is 4.45. The van der Waals surface area contributed by atoms with E-state index in [2.05, 4.69) is 0 Å². The summed E-state index contributed by atoms with van der Waals surface area (Å²) < 4.78 is 29.9. The molecule has 0 aromatic rings. The van der Waals surface area contributed by atoms with Crippen LogP contribution >= 0.6 is 0 Å². The van der Waals surface area contributed by atoms with E-state index < -0.39 is 10.1 Å². The zero-order valence-electron chi connectivity index (χ0n) is 13.6. The Kier molecular flexibility index (Phi) is 7.36. The van der Waals surface area contributed by atoms with E-state index in [1.54, 1.807) is 0 Å². The van der Waals surface area contributed by atoms with Crippen LogP contribution < -0.4 is 29.6 Å². The molecule has 0 N–H and O–H groups in total. The zero-order chi connectivity index (χ0) is 13.2. The molecule has 0 radical (unpaired) electrons. The van der Waals surface area contributed by atoms with Crippen LogP contribution in [0, 0.1) is 17.8 Å². The van der Waals surface area contributed by atoms with Crippen LogP contribution in [-0.2, 0) is 14.3 Å². The van der Waals surface area contributed by atoms with E-state index in [0.717, 1.165) is 19.3 Å². The van der Waals surface area contributed by atoms with Crippen LogP contribution in [0.15, 0.2) is 0 Å². The molecular formula is C14H27NaO3S. The maximum Gasteiger partial charge on any atom is 1.00 e. The van der Waals surface area contributed by atoms with Crippen molar-refractivity contribution in [1.29, 1.82) is 0 Å². The number of hydrogen-bond acceptors (Lipinski definition) is 3. The standard InChI is InChI=1S/C14H26O3S.Na.H/c1-11(2)10-17-18(15,16)14-9-5-7-12-6-3-4-8-13(12)14;;/h11-14H,3-10H2,1-2H3;;/q;+1;-1. The summed E-state index contributed by atoms with van der Waals surface area (Å²) in [6.07, 6.45) is 7.86. The normalized spacial score (nSPS) is 31.6. The summed E-state index contributed by atoms with van der Waals surface area (Å²) in [7, 11) is -3.35. The summed E-state index contributed by atoms with van der Waals surface area (Å²) in [6.45, 7) is 4.30. The van der Waals surface area contributed by atoms with Gasteiger partial charge in [0.1, 0.15) is 0 Å². The first kappa shape index (κ1) is 18.0. The molecule has 0 aromatic carbocycles. The summed E-state index contributed by atoms with van der Waals surface area (Å²) in [5, 5.41) is -0.227. The topological polar surface area (TPSA) is 43.4 Å². The Hall–Kier alpha value is 0.910. The first-order valence-corrected chi connectivity index (χ1v) is 8.86. The van der Waals surface area contributed by atoms with Gasteiger partial charge >= 0.3 is 29.6 Å². The second kappa shape index (κ2) is 7.79. The largest absolute Gasteiger partial charge is 1.00 e. The van der Waals surface area contributed by atoms with Gasteiger partial charge in [0.2, 0.25) is 0 Å². The number of rotatable bonds is 4. The van der Waals surface area contributed by atoms with Gasteiger partial charge in [-0.25, -0.2) is 0 Å². The quantitative estimate of drug-likeness (QED) is 0.559. The molecule has 0 amide bonds. The molecule has 0 saturated heterocycles. The van der Waals surface area contributed by atoms with Crippen molar-refractivity contribution in [3.8, 4) is 0 Å². The fourth-order valence-corrected chi connectivity index (χ4v) is 5.43. The predicted octanol–water partition coefficient (Wildman–Crippen LogP) is 0.464. The van der Waals surface area contributed by atoms with Gasteiger partial charge in [0, 0.05) is 0 Å². The smallest absolute Gasteiger partial charge is 1.00 e. The Labute approximate surface area is 141 Å². The maximum absolute atomic E-state index is 12.3. The molecule has 0 aromatic heterocycles. The summed E-state index contributed by atoms with van der Waals surface area (Å²) in [6, 6.07) is 0. The van der Waals surface area contributed by atoms with Crippen molar-refractivity contribution in [1.82, 2.24) is 0 Å². The minimum atomic E-state index is -3.35. The van der Waals surface area contributed by atoms with E-state index in [1.807, 2.05) is 13.8 Å². The van der Waals surface area contributed by atoms with Crippen molar-refractivity contribution in [2.45, 2.75) is 64.0 Å². The van der Waals surface area contributed by atoms with Crippen LogP contribution in [0.1, 0.15) is 60.2 Å². The summed E-state index contributed by atoms with van der Waals surface area (Å²) in [5.74, 6) is 1.27. The average molecular weight is 298 g/mol. The molecule has 2 saturated carbocycles. The molecule has 3 atom stereocenters. The molecule has 2 aliphatic rings. The first-order chi connectivity index (χ1) is 8.50. The minimum absolute atomic E-state index is 0. The third kappa shape index (κ3) is 4.70. The van der Waals surface area contributed by atoms with Gasteiger partial charge in [-0.2, -0.15) is 8.42 Å². The monoisotopic (exact) mass is 298 g/mol. The molecule has 2 aliphatic carbocycles. The van der Waals surface area contributed by atoms with E-state index in [4.69, 9.17) is 4.18 Å². The Morgan fingerprint density at radius 2 is 1.74 bits per heavy atom. The number of fused-ring (bicyclic) bond motifs is 1. The Morgan fingerprint density at radius 3 is 2.42 bits per heavy atom. The van der Waals surface area contributed by atoms with Gasteiger partial charge in [-0.1, -0.05) is 46.0 Å². The van der Waals surface area contributed by atoms with Gasteiger partial charge in [-0.15, -0.1) is 0 Å². The molecule has 0 bridgehead atoms. The maximum atomic E-state index is 12.3. The van der Waals surface area contributed by atoms with Gasteiger partial charge < -0.3 is 1.43 Å². The molecule has 0 spiro atoms.